The molecule has 0 saturated heterocycles. The highest BCUT2D eigenvalue weighted by Crippen LogP contribution is 2.31. The zero-order valence-corrected chi connectivity index (χ0v) is 26.1. The Balaban J connectivity index is 1.67. The number of nitrogens with one attached hydrogen (secondary N) is 1. The molecule has 0 spiro atoms. The van der Waals surface area contributed by atoms with Gasteiger partial charge in [0, 0.05) is 30.8 Å². The number of methoxy groups -OCH3 is 1. The molecule has 0 aromatic heterocycles. The number of hydrogen-bond acceptors (Lipinski definition) is 8. The van der Waals surface area contributed by atoms with Gasteiger partial charge in [-0.15, -0.1) is 0 Å². The lowest BCUT2D eigenvalue weighted by Gasteiger charge is -2.33. The van der Waals surface area contributed by atoms with Gasteiger partial charge in [0.25, 0.3) is 10.0 Å². The van der Waals surface area contributed by atoms with Crippen molar-refractivity contribution >= 4 is 31.6 Å². The van der Waals surface area contributed by atoms with Crippen molar-refractivity contribution in [1.82, 2.24) is 9.21 Å². The molecule has 0 bridgehead atoms. The molecule has 3 aromatic rings. The van der Waals surface area contributed by atoms with Crippen molar-refractivity contribution in [3.05, 3.63) is 78.4 Å². The molecule has 232 valence electrons. The number of hydrogen-bond donors (Lipinski definition) is 2. The van der Waals surface area contributed by atoms with E-state index in [-0.39, 0.29) is 53.4 Å². The van der Waals surface area contributed by atoms with Crippen molar-refractivity contribution in [1.29, 1.82) is 0 Å². The van der Waals surface area contributed by atoms with E-state index in [2.05, 4.69) is 4.72 Å². The fourth-order valence-electron chi connectivity index (χ4n) is 4.80. The molecule has 1 aliphatic heterocycles. The van der Waals surface area contributed by atoms with Gasteiger partial charge in [-0.1, -0.05) is 25.1 Å². The van der Waals surface area contributed by atoms with Crippen LogP contribution in [0, 0.1) is 5.92 Å². The van der Waals surface area contributed by atoms with Crippen LogP contribution < -0.4 is 14.2 Å². The average Bonchev–Trinajstić information content (AvgIpc) is 3.04. The molecule has 0 radical (unpaired) electrons. The molecule has 1 amide bonds. The van der Waals surface area contributed by atoms with Gasteiger partial charge in [0.05, 0.1) is 42.5 Å². The Labute approximate surface area is 253 Å². The van der Waals surface area contributed by atoms with Gasteiger partial charge in [-0.05, 0) is 61.5 Å². The van der Waals surface area contributed by atoms with Crippen molar-refractivity contribution in [2.24, 2.45) is 5.92 Å². The van der Waals surface area contributed by atoms with Gasteiger partial charge < -0.3 is 19.5 Å². The summed E-state index contributed by atoms with van der Waals surface area (Å²) in [7, 11) is -4.82. The highest BCUT2D eigenvalue weighted by molar-refractivity contribution is 7.92. The van der Waals surface area contributed by atoms with Crippen LogP contribution >= 0.6 is 0 Å². The number of rotatable bonds is 10. The Morgan fingerprint density at radius 1 is 1.05 bits per heavy atom. The highest BCUT2D eigenvalue weighted by atomic mass is 32.2. The molecule has 0 saturated carbocycles. The van der Waals surface area contributed by atoms with Crippen LogP contribution in [0.25, 0.3) is 0 Å². The van der Waals surface area contributed by atoms with Crippen LogP contribution in [0.3, 0.4) is 0 Å². The van der Waals surface area contributed by atoms with Crippen LogP contribution in [0.15, 0.2) is 82.6 Å². The summed E-state index contributed by atoms with van der Waals surface area (Å²) in [5.74, 6) is 0.246. The maximum Gasteiger partial charge on any atom is 0.261 e. The third-order valence-corrected chi connectivity index (χ3v) is 10.7. The number of likely N-dealkylation sites (N-methyl/N-ethyl adjacent to an activating group) is 1. The van der Waals surface area contributed by atoms with Crippen molar-refractivity contribution in [3.8, 4) is 11.5 Å². The minimum absolute atomic E-state index is 0.0348. The molecule has 1 aliphatic rings. The first-order chi connectivity index (χ1) is 20.3. The summed E-state index contributed by atoms with van der Waals surface area (Å²) >= 11 is 0. The summed E-state index contributed by atoms with van der Waals surface area (Å²) in [5.41, 5.74) is 0.664. The normalized spacial score (nSPS) is 18.6. The van der Waals surface area contributed by atoms with E-state index in [9.17, 15) is 26.7 Å². The predicted octanol–water partition coefficient (Wildman–Crippen LogP) is 2.97. The summed E-state index contributed by atoms with van der Waals surface area (Å²) in [4.78, 5) is 15.2. The molecule has 0 fully saturated rings. The van der Waals surface area contributed by atoms with Gasteiger partial charge in [0.15, 0.2) is 0 Å². The molecule has 0 aliphatic carbocycles. The largest absolute Gasteiger partial charge is 0.497 e. The maximum atomic E-state index is 13.5. The van der Waals surface area contributed by atoms with E-state index in [1.54, 1.807) is 54.3 Å². The van der Waals surface area contributed by atoms with Gasteiger partial charge >= 0.3 is 0 Å². The molecule has 11 nitrogen and oxygen atoms in total. The van der Waals surface area contributed by atoms with Crippen molar-refractivity contribution < 1.29 is 36.2 Å². The number of sulfonamides is 2. The SMILES string of the molecule is COc1ccc(S(=O)(=O)N(C)C[C@@H]2Oc3ccc(NS(=O)(=O)c4ccccc4)cc3CC(=O)N([C@@H](C)CO)C[C@H]2C)cc1. The van der Waals surface area contributed by atoms with E-state index < -0.39 is 32.2 Å². The maximum absolute atomic E-state index is 13.5. The third kappa shape index (κ3) is 7.47. The van der Waals surface area contributed by atoms with Crippen LogP contribution in [0.2, 0.25) is 0 Å². The Kier molecular flexibility index (Phi) is 10.0. The smallest absolute Gasteiger partial charge is 0.261 e. The van der Waals surface area contributed by atoms with Crippen LogP contribution in [0.4, 0.5) is 5.69 Å². The van der Waals surface area contributed by atoms with E-state index in [0.717, 1.165) is 0 Å². The Morgan fingerprint density at radius 3 is 2.35 bits per heavy atom. The van der Waals surface area contributed by atoms with E-state index in [1.165, 1.54) is 48.8 Å². The number of carbonyl (C=O) groups excluding carboxylic acids is 1. The number of aliphatic hydroxyl groups is 1. The summed E-state index contributed by atoms with van der Waals surface area (Å²) < 4.78 is 68.0. The minimum atomic E-state index is -3.89. The molecule has 0 unspecified atom stereocenters. The lowest BCUT2D eigenvalue weighted by molar-refractivity contribution is -0.134. The summed E-state index contributed by atoms with van der Waals surface area (Å²) in [6.45, 7) is 3.50. The van der Waals surface area contributed by atoms with E-state index in [1.807, 2.05) is 6.92 Å². The number of benzene rings is 3. The molecule has 4 rings (SSSR count). The van der Waals surface area contributed by atoms with E-state index in [4.69, 9.17) is 9.47 Å². The van der Waals surface area contributed by atoms with Crippen LogP contribution in [-0.2, 0) is 31.3 Å². The van der Waals surface area contributed by atoms with Crippen molar-refractivity contribution in [2.45, 2.75) is 42.2 Å². The predicted molar refractivity (Wildman–Crippen MR) is 162 cm³/mol. The first kappa shape index (κ1) is 32.3. The number of aliphatic hydroxyl groups excluding tert-OH is 1. The summed E-state index contributed by atoms with van der Waals surface area (Å²) in [6.07, 6.45) is -0.803. The molecular weight excluding hydrogens is 594 g/mol. The standard InChI is InChI=1S/C30H37N3O8S2/c1-21-18-33(22(2)20-34)30(35)17-23-16-24(31-42(36,37)26-8-6-5-7-9-26)10-15-28(23)41-29(21)19-32(3)43(38,39)27-13-11-25(40-4)12-14-27/h5-16,21-22,29,31,34H,17-20H2,1-4H3/t21-,22+,29+/m1/s1. The fourth-order valence-corrected chi connectivity index (χ4v) is 7.06. The van der Waals surface area contributed by atoms with Gasteiger partial charge in [0.1, 0.15) is 17.6 Å². The molecule has 43 heavy (non-hydrogen) atoms. The average molecular weight is 632 g/mol. The first-order valence-electron chi connectivity index (χ1n) is 13.7. The van der Waals surface area contributed by atoms with Gasteiger partial charge in [-0.2, -0.15) is 4.31 Å². The monoisotopic (exact) mass is 631 g/mol. The molecule has 3 atom stereocenters. The molecular formula is C30H37N3O8S2. The number of carbonyl (C=O) groups is 1. The van der Waals surface area contributed by atoms with Crippen LogP contribution in [0.1, 0.15) is 19.4 Å². The summed E-state index contributed by atoms with van der Waals surface area (Å²) in [6, 6.07) is 18.1. The first-order valence-corrected chi connectivity index (χ1v) is 16.7. The number of anilines is 1. The van der Waals surface area contributed by atoms with Gasteiger partial charge in [-0.3, -0.25) is 9.52 Å². The van der Waals surface area contributed by atoms with Crippen LogP contribution in [0.5, 0.6) is 11.5 Å². The molecule has 13 heteroatoms. The lowest BCUT2D eigenvalue weighted by Crippen LogP contribution is -2.48. The molecule has 1 heterocycles. The number of fused-ring (bicyclic) bond motifs is 1. The third-order valence-electron chi connectivity index (χ3n) is 7.43. The topological polar surface area (TPSA) is 143 Å². The fraction of sp³-hybridized carbons (Fsp3) is 0.367. The second-order valence-corrected chi connectivity index (χ2v) is 14.3. The zero-order valence-electron chi connectivity index (χ0n) is 24.5. The Bertz CT molecular complexity index is 1630. The minimum Gasteiger partial charge on any atom is -0.497 e. The highest BCUT2D eigenvalue weighted by Gasteiger charge is 2.33. The Hall–Kier alpha value is -3.65. The van der Waals surface area contributed by atoms with Crippen LogP contribution in [-0.4, -0.2) is 83.1 Å². The van der Waals surface area contributed by atoms with E-state index >= 15 is 0 Å². The molecule has 2 N–H and O–H groups in total. The lowest BCUT2D eigenvalue weighted by atomic mass is 10.0. The van der Waals surface area contributed by atoms with E-state index in [0.29, 0.717) is 17.1 Å². The van der Waals surface area contributed by atoms with Crippen molar-refractivity contribution in [3.63, 3.8) is 0 Å². The second-order valence-electron chi connectivity index (χ2n) is 10.6. The van der Waals surface area contributed by atoms with Gasteiger partial charge in [0.2, 0.25) is 15.9 Å². The van der Waals surface area contributed by atoms with Gasteiger partial charge in [-0.25, -0.2) is 16.8 Å². The Morgan fingerprint density at radius 2 is 1.72 bits per heavy atom. The zero-order chi connectivity index (χ0) is 31.4. The molecule has 3 aromatic carbocycles. The number of ether oxygens (including phenoxy) is 2. The number of nitrogens with zero attached hydrogens (tertiary/aromatic N) is 2. The quantitative estimate of drug-likeness (QED) is 0.348. The number of amides is 1. The van der Waals surface area contributed by atoms with Crippen molar-refractivity contribution in [2.75, 3.05) is 38.6 Å². The summed E-state index contributed by atoms with van der Waals surface area (Å²) in [5, 5.41) is 9.88. The second kappa shape index (κ2) is 13.3.